The number of ether oxygens (including phenoxy) is 1. The maximum Gasteiger partial charge on any atom is 0.164 e. The monoisotopic (exact) mass is 309 g/mol. The van der Waals surface area contributed by atoms with Crippen molar-refractivity contribution in [1.29, 1.82) is 0 Å². The van der Waals surface area contributed by atoms with Crippen LogP contribution in [0, 0.1) is 6.92 Å². The number of nitrogens with two attached hydrogens (primary N) is 1. The van der Waals surface area contributed by atoms with Crippen molar-refractivity contribution in [2.75, 3.05) is 5.73 Å². The minimum atomic E-state index is 0.407. The van der Waals surface area contributed by atoms with Crippen molar-refractivity contribution < 1.29 is 4.74 Å². The van der Waals surface area contributed by atoms with E-state index in [0.29, 0.717) is 27.4 Å². The lowest BCUT2D eigenvalue weighted by Crippen LogP contribution is -1.94. The lowest BCUT2D eigenvalue weighted by atomic mass is 10.0. The van der Waals surface area contributed by atoms with Crippen LogP contribution in [0.3, 0.4) is 0 Å². The van der Waals surface area contributed by atoms with Gasteiger partial charge in [-0.25, -0.2) is 0 Å². The van der Waals surface area contributed by atoms with E-state index in [2.05, 4.69) is 19.9 Å². The van der Waals surface area contributed by atoms with Crippen LogP contribution in [-0.4, -0.2) is 0 Å². The third kappa shape index (κ3) is 3.20. The summed E-state index contributed by atoms with van der Waals surface area (Å²) < 4.78 is 5.90. The fraction of sp³-hybridized carbons (Fsp3) is 0.250. The fourth-order valence-electron chi connectivity index (χ4n) is 1.87. The maximum atomic E-state index is 6.15. The number of benzene rings is 2. The van der Waals surface area contributed by atoms with Crippen molar-refractivity contribution >= 4 is 28.9 Å². The van der Waals surface area contributed by atoms with Crippen LogP contribution in [0.15, 0.2) is 30.3 Å². The summed E-state index contributed by atoms with van der Waals surface area (Å²) >= 11 is 12.3. The highest BCUT2D eigenvalue weighted by molar-refractivity contribution is 6.37. The van der Waals surface area contributed by atoms with Crippen LogP contribution in [0.25, 0.3) is 0 Å². The van der Waals surface area contributed by atoms with E-state index in [4.69, 9.17) is 33.7 Å². The lowest BCUT2D eigenvalue weighted by Gasteiger charge is -2.14. The molecule has 0 radical (unpaired) electrons. The van der Waals surface area contributed by atoms with Crippen molar-refractivity contribution in [3.8, 4) is 11.5 Å². The third-order valence-corrected chi connectivity index (χ3v) is 3.67. The number of aryl methyl sites for hydroxylation is 1. The standard InChI is InChI=1S/C16H17Cl2NO/c1-9(2)11-5-4-10(3)15(6-11)20-16-13(17)7-12(19)8-14(16)18/h4-9H,19H2,1-3H3. The van der Waals surface area contributed by atoms with Gasteiger partial charge in [0.25, 0.3) is 0 Å². The Labute approximate surface area is 129 Å². The van der Waals surface area contributed by atoms with E-state index < -0.39 is 0 Å². The van der Waals surface area contributed by atoms with E-state index >= 15 is 0 Å². The summed E-state index contributed by atoms with van der Waals surface area (Å²) in [6.45, 7) is 6.26. The van der Waals surface area contributed by atoms with Gasteiger partial charge in [-0.05, 0) is 42.2 Å². The summed E-state index contributed by atoms with van der Waals surface area (Å²) in [7, 11) is 0. The SMILES string of the molecule is Cc1ccc(C(C)C)cc1Oc1c(Cl)cc(N)cc1Cl. The van der Waals surface area contributed by atoms with E-state index in [0.717, 1.165) is 11.3 Å². The molecule has 4 heteroatoms. The highest BCUT2D eigenvalue weighted by Gasteiger charge is 2.12. The normalized spacial score (nSPS) is 10.9. The van der Waals surface area contributed by atoms with Crippen molar-refractivity contribution in [3.63, 3.8) is 0 Å². The Hall–Kier alpha value is -1.38. The number of rotatable bonds is 3. The Morgan fingerprint density at radius 1 is 1.05 bits per heavy atom. The Balaban J connectivity index is 2.42. The van der Waals surface area contributed by atoms with Crippen LogP contribution >= 0.6 is 23.2 Å². The summed E-state index contributed by atoms with van der Waals surface area (Å²) in [6.07, 6.45) is 0. The molecule has 0 unspecified atom stereocenters. The second-order valence-corrected chi connectivity index (χ2v) is 5.91. The molecule has 0 amide bonds. The zero-order valence-corrected chi connectivity index (χ0v) is 13.2. The van der Waals surface area contributed by atoms with E-state index in [9.17, 15) is 0 Å². The van der Waals surface area contributed by atoms with Crippen LogP contribution in [0.4, 0.5) is 5.69 Å². The van der Waals surface area contributed by atoms with Gasteiger partial charge >= 0.3 is 0 Å². The van der Waals surface area contributed by atoms with Gasteiger partial charge in [0, 0.05) is 5.69 Å². The molecule has 2 N–H and O–H groups in total. The van der Waals surface area contributed by atoms with Crippen molar-refractivity contribution in [2.24, 2.45) is 0 Å². The van der Waals surface area contributed by atoms with Crippen LogP contribution in [-0.2, 0) is 0 Å². The predicted octanol–water partition coefficient (Wildman–Crippen LogP) is 5.80. The van der Waals surface area contributed by atoms with Crippen LogP contribution in [0.2, 0.25) is 10.0 Å². The molecule has 0 atom stereocenters. The summed E-state index contributed by atoms with van der Waals surface area (Å²) in [6, 6.07) is 9.40. The van der Waals surface area contributed by atoms with Crippen molar-refractivity contribution in [1.82, 2.24) is 0 Å². The average Bonchev–Trinajstić information content (AvgIpc) is 2.35. The fourth-order valence-corrected chi connectivity index (χ4v) is 2.45. The number of halogens is 2. The second-order valence-electron chi connectivity index (χ2n) is 5.10. The molecular weight excluding hydrogens is 293 g/mol. The first-order valence-electron chi connectivity index (χ1n) is 6.41. The van der Waals surface area contributed by atoms with Crippen molar-refractivity contribution in [2.45, 2.75) is 26.7 Å². The molecule has 0 aliphatic carbocycles. The first-order valence-corrected chi connectivity index (χ1v) is 7.17. The quantitative estimate of drug-likeness (QED) is 0.727. The van der Waals surface area contributed by atoms with Gasteiger partial charge < -0.3 is 10.5 Å². The largest absolute Gasteiger partial charge is 0.454 e. The van der Waals surface area contributed by atoms with E-state index in [1.165, 1.54) is 5.56 Å². The Bertz CT molecular complexity index is 615. The Kier molecular flexibility index (Phi) is 4.46. The van der Waals surface area contributed by atoms with Gasteiger partial charge in [0.2, 0.25) is 0 Å². The molecule has 2 rings (SSSR count). The van der Waals surface area contributed by atoms with Crippen molar-refractivity contribution in [3.05, 3.63) is 51.5 Å². The third-order valence-electron chi connectivity index (χ3n) is 3.11. The van der Waals surface area contributed by atoms with E-state index in [-0.39, 0.29) is 0 Å². The summed E-state index contributed by atoms with van der Waals surface area (Å²) in [4.78, 5) is 0. The van der Waals surface area contributed by atoms with Crippen LogP contribution in [0.1, 0.15) is 30.9 Å². The molecule has 0 saturated heterocycles. The summed E-state index contributed by atoms with van der Waals surface area (Å²) in [5, 5.41) is 0.814. The molecule has 0 saturated carbocycles. The van der Waals surface area contributed by atoms with Gasteiger partial charge in [-0.3, -0.25) is 0 Å². The molecule has 0 aromatic heterocycles. The van der Waals surface area contributed by atoms with Gasteiger partial charge in [0.15, 0.2) is 5.75 Å². The van der Waals surface area contributed by atoms with Gasteiger partial charge in [-0.1, -0.05) is 49.2 Å². The summed E-state index contributed by atoms with van der Waals surface area (Å²) in [5.41, 5.74) is 8.43. The maximum absolute atomic E-state index is 6.15. The van der Waals surface area contributed by atoms with Gasteiger partial charge in [-0.2, -0.15) is 0 Å². The zero-order chi connectivity index (χ0) is 14.9. The molecule has 106 valence electrons. The Morgan fingerprint density at radius 3 is 2.20 bits per heavy atom. The topological polar surface area (TPSA) is 35.2 Å². The molecule has 2 nitrogen and oxygen atoms in total. The molecule has 2 aromatic carbocycles. The molecule has 0 aliphatic heterocycles. The first kappa shape index (κ1) is 15.0. The Morgan fingerprint density at radius 2 is 1.65 bits per heavy atom. The predicted molar refractivity (Wildman–Crippen MR) is 86.2 cm³/mol. The molecule has 0 fully saturated rings. The van der Waals surface area contributed by atoms with Gasteiger partial charge in [-0.15, -0.1) is 0 Å². The highest BCUT2D eigenvalue weighted by atomic mass is 35.5. The minimum absolute atomic E-state index is 0.407. The molecule has 0 bridgehead atoms. The molecule has 0 spiro atoms. The van der Waals surface area contributed by atoms with E-state index in [1.807, 2.05) is 19.1 Å². The first-order chi connectivity index (χ1) is 9.38. The van der Waals surface area contributed by atoms with Gasteiger partial charge in [0.05, 0.1) is 10.0 Å². The number of anilines is 1. The minimum Gasteiger partial charge on any atom is -0.454 e. The zero-order valence-electron chi connectivity index (χ0n) is 11.7. The number of nitrogen functional groups attached to an aromatic ring is 1. The second kappa shape index (κ2) is 5.94. The van der Waals surface area contributed by atoms with E-state index in [1.54, 1.807) is 12.1 Å². The number of hydrogen-bond donors (Lipinski definition) is 1. The molecular formula is C16H17Cl2NO. The van der Waals surface area contributed by atoms with Crippen LogP contribution < -0.4 is 10.5 Å². The molecule has 2 aromatic rings. The smallest absolute Gasteiger partial charge is 0.164 e. The number of hydrogen-bond acceptors (Lipinski definition) is 2. The van der Waals surface area contributed by atoms with Crippen LogP contribution in [0.5, 0.6) is 11.5 Å². The summed E-state index contributed by atoms with van der Waals surface area (Å²) in [5.74, 6) is 1.62. The molecule has 20 heavy (non-hydrogen) atoms. The molecule has 0 aliphatic rings. The average molecular weight is 310 g/mol. The highest BCUT2D eigenvalue weighted by Crippen LogP contribution is 2.39. The van der Waals surface area contributed by atoms with Gasteiger partial charge in [0.1, 0.15) is 5.75 Å². The molecule has 0 heterocycles. The lowest BCUT2D eigenvalue weighted by molar-refractivity contribution is 0.478.